The Hall–Kier alpha value is -3.09. The van der Waals surface area contributed by atoms with Gasteiger partial charge in [0.05, 0.1) is 12.8 Å². The third kappa shape index (κ3) is 3.32. The highest BCUT2D eigenvalue weighted by Crippen LogP contribution is 2.27. The first-order valence-corrected chi connectivity index (χ1v) is 8.79. The largest absolute Gasteiger partial charge is 0.495 e. The molecule has 2 heterocycles. The maximum atomic E-state index is 13.0. The molecule has 3 rings (SSSR count). The van der Waals surface area contributed by atoms with Crippen molar-refractivity contribution in [3.63, 3.8) is 0 Å². The second kappa shape index (κ2) is 7.26. The summed E-state index contributed by atoms with van der Waals surface area (Å²) in [5.41, 5.74) is 2.31. The van der Waals surface area contributed by atoms with Gasteiger partial charge in [0.1, 0.15) is 29.3 Å². The Bertz CT molecular complexity index is 1070. The van der Waals surface area contributed by atoms with Crippen molar-refractivity contribution in [2.75, 3.05) is 12.4 Å². The number of hydrogen-bond donors (Lipinski definition) is 1. The van der Waals surface area contributed by atoms with E-state index in [1.165, 1.54) is 10.9 Å². The van der Waals surface area contributed by atoms with Crippen LogP contribution in [0.5, 0.6) is 5.75 Å². The molecule has 0 aliphatic rings. The molecular formula is C20H23N3O4. The number of aryl methyl sites for hydroxylation is 3. The Morgan fingerprint density at radius 2 is 2.07 bits per heavy atom. The number of fused-ring (bicyclic) bond motifs is 1. The molecule has 1 N–H and O–H groups in total. The third-order valence-corrected chi connectivity index (χ3v) is 4.75. The van der Waals surface area contributed by atoms with Crippen LogP contribution in [0.25, 0.3) is 11.1 Å². The van der Waals surface area contributed by atoms with Gasteiger partial charge in [0, 0.05) is 5.56 Å². The molecule has 0 aliphatic carbocycles. The molecule has 0 aliphatic heterocycles. The topological polar surface area (TPSA) is 86.4 Å². The summed E-state index contributed by atoms with van der Waals surface area (Å²) >= 11 is 0. The number of methoxy groups -OCH3 is 1. The Kier molecular flexibility index (Phi) is 5.03. The van der Waals surface area contributed by atoms with E-state index in [0.717, 1.165) is 11.1 Å². The van der Waals surface area contributed by atoms with Crippen molar-refractivity contribution >= 4 is 22.7 Å². The van der Waals surface area contributed by atoms with Gasteiger partial charge >= 0.3 is 0 Å². The molecule has 1 amide bonds. The van der Waals surface area contributed by atoms with Crippen molar-refractivity contribution in [1.82, 2.24) is 9.55 Å². The molecule has 0 unspecified atom stereocenters. The fraction of sp³-hybridized carbons (Fsp3) is 0.350. The maximum absolute atomic E-state index is 13.0. The van der Waals surface area contributed by atoms with Crippen molar-refractivity contribution in [3.8, 4) is 5.75 Å². The number of furan rings is 1. The van der Waals surface area contributed by atoms with Gasteiger partial charge in [-0.3, -0.25) is 14.2 Å². The summed E-state index contributed by atoms with van der Waals surface area (Å²) in [5.74, 6) is 0.905. The van der Waals surface area contributed by atoms with Gasteiger partial charge in [-0.15, -0.1) is 0 Å². The average molecular weight is 369 g/mol. The lowest BCUT2D eigenvalue weighted by atomic mass is 10.1. The van der Waals surface area contributed by atoms with Crippen LogP contribution in [0, 0.1) is 20.8 Å². The number of amides is 1. The lowest BCUT2D eigenvalue weighted by molar-refractivity contribution is -0.119. The molecule has 27 heavy (non-hydrogen) atoms. The van der Waals surface area contributed by atoms with E-state index in [-0.39, 0.29) is 11.5 Å². The van der Waals surface area contributed by atoms with Gasteiger partial charge in [-0.25, -0.2) is 4.98 Å². The van der Waals surface area contributed by atoms with Crippen molar-refractivity contribution in [1.29, 1.82) is 0 Å². The van der Waals surface area contributed by atoms with E-state index in [9.17, 15) is 9.59 Å². The van der Waals surface area contributed by atoms with Crippen LogP contribution in [0.3, 0.4) is 0 Å². The van der Waals surface area contributed by atoms with Gasteiger partial charge in [0.25, 0.3) is 5.56 Å². The summed E-state index contributed by atoms with van der Waals surface area (Å²) in [7, 11) is 1.55. The van der Waals surface area contributed by atoms with E-state index < -0.39 is 6.04 Å². The van der Waals surface area contributed by atoms with E-state index in [0.29, 0.717) is 34.7 Å². The smallest absolute Gasteiger partial charge is 0.265 e. The predicted molar refractivity (Wildman–Crippen MR) is 103 cm³/mol. The number of carbonyl (C=O) groups is 1. The first-order valence-electron chi connectivity index (χ1n) is 8.79. The molecule has 7 heteroatoms. The summed E-state index contributed by atoms with van der Waals surface area (Å²) in [6, 6.07) is 4.83. The van der Waals surface area contributed by atoms with Crippen LogP contribution in [0.1, 0.15) is 36.3 Å². The molecule has 0 bridgehead atoms. The lowest BCUT2D eigenvalue weighted by Gasteiger charge is -2.18. The minimum Gasteiger partial charge on any atom is -0.495 e. The zero-order valence-electron chi connectivity index (χ0n) is 16.1. The summed E-state index contributed by atoms with van der Waals surface area (Å²) in [6.45, 7) is 7.38. The molecule has 0 spiro atoms. The first-order chi connectivity index (χ1) is 12.9. The summed E-state index contributed by atoms with van der Waals surface area (Å²) < 4.78 is 12.2. The van der Waals surface area contributed by atoms with Crippen LogP contribution >= 0.6 is 0 Å². The average Bonchev–Trinajstić information content (AvgIpc) is 2.92. The first kappa shape index (κ1) is 18.7. The number of rotatable bonds is 5. The predicted octanol–water partition coefficient (Wildman–Crippen LogP) is 3.51. The highest BCUT2D eigenvalue weighted by Gasteiger charge is 2.24. The van der Waals surface area contributed by atoms with Crippen molar-refractivity contribution in [2.24, 2.45) is 0 Å². The van der Waals surface area contributed by atoms with Crippen molar-refractivity contribution in [2.45, 2.75) is 40.2 Å². The summed E-state index contributed by atoms with van der Waals surface area (Å²) in [5, 5.41) is 3.28. The molecule has 0 saturated carbocycles. The van der Waals surface area contributed by atoms with Gasteiger partial charge in [-0.05, 0) is 44.9 Å². The van der Waals surface area contributed by atoms with Crippen molar-refractivity contribution < 1.29 is 13.9 Å². The number of benzene rings is 1. The van der Waals surface area contributed by atoms with E-state index in [2.05, 4.69) is 10.3 Å². The van der Waals surface area contributed by atoms with Gasteiger partial charge in [-0.2, -0.15) is 0 Å². The Labute approximate surface area is 157 Å². The zero-order chi connectivity index (χ0) is 19.7. The minimum absolute atomic E-state index is 0.285. The number of ether oxygens (including phenoxy) is 1. The highest BCUT2D eigenvalue weighted by molar-refractivity contribution is 5.95. The second-order valence-electron chi connectivity index (χ2n) is 6.54. The molecule has 3 aromatic rings. The Morgan fingerprint density at radius 3 is 2.74 bits per heavy atom. The van der Waals surface area contributed by atoms with Crippen LogP contribution in [-0.2, 0) is 4.79 Å². The third-order valence-electron chi connectivity index (χ3n) is 4.75. The van der Waals surface area contributed by atoms with Crippen LogP contribution in [0.2, 0.25) is 0 Å². The van der Waals surface area contributed by atoms with Crippen LogP contribution < -0.4 is 15.6 Å². The quantitative estimate of drug-likeness (QED) is 0.744. The Balaban J connectivity index is 2.00. The molecule has 1 atom stereocenters. The molecule has 0 fully saturated rings. The number of nitrogens with zero attached hydrogens (tertiary/aromatic N) is 2. The van der Waals surface area contributed by atoms with Crippen LogP contribution in [0.4, 0.5) is 5.69 Å². The number of aromatic nitrogens is 2. The van der Waals surface area contributed by atoms with Gasteiger partial charge in [0.2, 0.25) is 11.6 Å². The van der Waals surface area contributed by atoms with Crippen LogP contribution in [0.15, 0.2) is 33.7 Å². The van der Waals surface area contributed by atoms with E-state index in [4.69, 9.17) is 9.15 Å². The molecule has 7 nitrogen and oxygen atoms in total. The van der Waals surface area contributed by atoms with E-state index >= 15 is 0 Å². The zero-order valence-corrected chi connectivity index (χ0v) is 16.1. The van der Waals surface area contributed by atoms with Gasteiger partial charge in [0.15, 0.2) is 0 Å². The van der Waals surface area contributed by atoms with Gasteiger partial charge in [-0.1, -0.05) is 13.0 Å². The SMILES string of the molecule is CC[C@@H](C(=O)Nc1cc(C)ccc1OC)n1cnc2oc(C)c(C)c2c1=O. The monoisotopic (exact) mass is 369 g/mol. The van der Waals surface area contributed by atoms with Crippen LogP contribution in [-0.4, -0.2) is 22.6 Å². The highest BCUT2D eigenvalue weighted by atomic mass is 16.5. The molecule has 142 valence electrons. The van der Waals surface area contributed by atoms with Gasteiger partial charge < -0.3 is 14.5 Å². The number of carbonyl (C=O) groups excluding carboxylic acids is 1. The fourth-order valence-corrected chi connectivity index (χ4v) is 3.11. The standard InChI is InChI=1S/C20H23N3O4/c1-6-15(18(24)22-14-9-11(2)7-8-16(14)26-5)23-10-21-19-17(20(23)25)12(3)13(4)27-19/h7-10,15H,6H2,1-5H3,(H,22,24)/t15-/m0/s1. The molecule has 0 radical (unpaired) electrons. The molecular weight excluding hydrogens is 346 g/mol. The summed E-state index contributed by atoms with van der Waals surface area (Å²) in [4.78, 5) is 30.1. The number of anilines is 1. The van der Waals surface area contributed by atoms with Crippen molar-refractivity contribution in [3.05, 3.63) is 51.8 Å². The maximum Gasteiger partial charge on any atom is 0.265 e. The Morgan fingerprint density at radius 1 is 1.33 bits per heavy atom. The molecule has 2 aromatic heterocycles. The minimum atomic E-state index is -0.700. The number of hydrogen-bond acceptors (Lipinski definition) is 5. The summed E-state index contributed by atoms with van der Waals surface area (Å²) in [6.07, 6.45) is 1.80. The number of nitrogens with one attached hydrogen (secondary N) is 1. The lowest BCUT2D eigenvalue weighted by Crippen LogP contribution is -2.33. The second-order valence-corrected chi connectivity index (χ2v) is 6.54. The van der Waals surface area contributed by atoms with E-state index in [1.807, 2.05) is 32.9 Å². The molecule has 1 aromatic carbocycles. The fourth-order valence-electron chi connectivity index (χ4n) is 3.11. The molecule has 0 saturated heterocycles. The normalized spacial score (nSPS) is 12.2. The van der Waals surface area contributed by atoms with E-state index in [1.54, 1.807) is 20.1 Å².